The Hall–Kier alpha value is -2.11. The Kier molecular flexibility index (Phi) is 4.00. The van der Waals surface area contributed by atoms with E-state index < -0.39 is 6.61 Å². The van der Waals surface area contributed by atoms with Crippen molar-refractivity contribution in [2.75, 3.05) is 11.4 Å². The highest BCUT2D eigenvalue weighted by Crippen LogP contribution is 2.32. The summed E-state index contributed by atoms with van der Waals surface area (Å²) in [5, 5.41) is 3.98. The quantitative estimate of drug-likeness (QED) is 0.860. The second-order valence-corrected chi connectivity index (χ2v) is 5.50. The van der Waals surface area contributed by atoms with E-state index in [4.69, 9.17) is 4.52 Å². The molecule has 2 aromatic rings. The molecule has 6 heteroatoms. The number of anilines is 1. The summed E-state index contributed by atoms with van der Waals surface area (Å²) in [6.45, 7) is 2.67. The molecule has 1 aliphatic heterocycles. The van der Waals surface area contributed by atoms with Gasteiger partial charge < -0.3 is 14.2 Å². The van der Waals surface area contributed by atoms with Crippen LogP contribution in [0.1, 0.15) is 29.0 Å². The van der Waals surface area contributed by atoms with Crippen LogP contribution in [0.2, 0.25) is 0 Å². The van der Waals surface area contributed by atoms with Crippen LogP contribution in [-0.2, 0) is 13.0 Å². The molecule has 3 rings (SSSR count). The lowest BCUT2D eigenvalue weighted by atomic mass is 10.0. The molecule has 0 amide bonds. The number of benzene rings is 1. The van der Waals surface area contributed by atoms with E-state index >= 15 is 0 Å². The Morgan fingerprint density at radius 2 is 2.18 bits per heavy atom. The average molecular weight is 308 g/mol. The minimum absolute atomic E-state index is 0.216. The van der Waals surface area contributed by atoms with Gasteiger partial charge in [0.2, 0.25) is 0 Å². The van der Waals surface area contributed by atoms with E-state index in [1.807, 2.05) is 19.9 Å². The van der Waals surface area contributed by atoms with Gasteiger partial charge in [0.1, 0.15) is 11.5 Å². The number of alkyl halides is 2. The molecule has 118 valence electrons. The van der Waals surface area contributed by atoms with E-state index in [2.05, 4.69) is 14.8 Å². The van der Waals surface area contributed by atoms with Gasteiger partial charge >= 0.3 is 6.61 Å². The number of hydrogen-bond acceptors (Lipinski definition) is 4. The van der Waals surface area contributed by atoms with Crippen LogP contribution in [0, 0.1) is 13.8 Å². The minimum Gasteiger partial charge on any atom is -0.435 e. The average Bonchev–Trinajstić information content (AvgIpc) is 2.78. The molecule has 2 heterocycles. The maximum absolute atomic E-state index is 12.3. The number of aryl methyl sites for hydroxylation is 3. The monoisotopic (exact) mass is 308 g/mol. The molecule has 0 N–H and O–H groups in total. The van der Waals surface area contributed by atoms with E-state index in [0.717, 1.165) is 47.7 Å². The summed E-state index contributed by atoms with van der Waals surface area (Å²) in [6, 6.07) is 5.15. The number of rotatable bonds is 4. The zero-order chi connectivity index (χ0) is 15.7. The molecule has 1 aromatic carbocycles. The molecule has 0 spiro atoms. The predicted molar refractivity (Wildman–Crippen MR) is 78.4 cm³/mol. The van der Waals surface area contributed by atoms with E-state index in [9.17, 15) is 8.78 Å². The van der Waals surface area contributed by atoms with E-state index in [-0.39, 0.29) is 5.75 Å². The second-order valence-electron chi connectivity index (χ2n) is 5.50. The molecule has 0 fully saturated rings. The summed E-state index contributed by atoms with van der Waals surface area (Å²) in [5.74, 6) is 1.04. The maximum Gasteiger partial charge on any atom is 0.387 e. The lowest BCUT2D eigenvalue weighted by Crippen LogP contribution is -2.29. The third-order valence-electron chi connectivity index (χ3n) is 4.02. The maximum atomic E-state index is 12.3. The van der Waals surface area contributed by atoms with Gasteiger partial charge in [0.25, 0.3) is 0 Å². The van der Waals surface area contributed by atoms with Gasteiger partial charge in [0, 0.05) is 24.3 Å². The molecule has 4 nitrogen and oxygen atoms in total. The SMILES string of the molecule is Cc1noc(C)c1CN1CCCc2cc(OC(F)F)ccc21. The molecule has 1 aliphatic rings. The fraction of sp³-hybridized carbons (Fsp3) is 0.438. The molecule has 22 heavy (non-hydrogen) atoms. The highest BCUT2D eigenvalue weighted by atomic mass is 19.3. The van der Waals surface area contributed by atoms with Crippen molar-refractivity contribution in [2.45, 2.75) is 39.8 Å². The number of nitrogens with zero attached hydrogens (tertiary/aromatic N) is 2. The van der Waals surface area contributed by atoms with Crippen molar-refractivity contribution in [3.05, 3.63) is 40.8 Å². The zero-order valence-corrected chi connectivity index (χ0v) is 12.6. The fourth-order valence-electron chi connectivity index (χ4n) is 2.91. The van der Waals surface area contributed by atoms with Crippen LogP contribution in [0.25, 0.3) is 0 Å². The van der Waals surface area contributed by atoms with Crippen LogP contribution in [0.3, 0.4) is 0 Å². The van der Waals surface area contributed by atoms with Crippen LogP contribution in [0.4, 0.5) is 14.5 Å². The van der Waals surface area contributed by atoms with Crippen molar-refractivity contribution >= 4 is 5.69 Å². The Bertz CT molecular complexity index is 651. The summed E-state index contributed by atoms with van der Waals surface area (Å²) >= 11 is 0. The van der Waals surface area contributed by atoms with Crippen LogP contribution in [-0.4, -0.2) is 18.3 Å². The van der Waals surface area contributed by atoms with E-state index in [0.29, 0.717) is 6.54 Å². The standard InChI is InChI=1S/C16H18F2N2O2/c1-10-14(11(2)22-19-10)9-20-7-3-4-12-8-13(21-16(17)18)5-6-15(12)20/h5-6,8,16H,3-4,7,9H2,1-2H3. The van der Waals surface area contributed by atoms with Crippen molar-refractivity contribution in [3.63, 3.8) is 0 Å². The molecular weight excluding hydrogens is 290 g/mol. The lowest BCUT2D eigenvalue weighted by Gasteiger charge is -2.31. The van der Waals surface area contributed by atoms with Gasteiger partial charge in [0.05, 0.1) is 5.69 Å². The van der Waals surface area contributed by atoms with E-state index in [1.54, 1.807) is 12.1 Å². The Labute approximate surface area is 127 Å². The Morgan fingerprint density at radius 3 is 2.86 bits per heavy atom. The third kappa shape index (κ3) is 2.91. The van der Waals surface area contributed by atoms with Crippen molar-refractivity contribution < 1.29 is 18.0 Å². The second kappa shape index (κ2) is 5.94. The number of ether oxygens (including phenoxy) is 1. The first-order valence-electron chi connectivity index (χ1n) is 7.29. The number of fused-ring (bicyclic) bond motifs is 1. The van der Waals surface area contributed by atoms with Gasteiger partial charge in [-0.3, -0.25) is 0 Å². The van der Waals surface area contributed by atoms with Crippen LogP contribution in [0.5, 0.6) is 5.75 Å². The summed E-state index contributed by atoms with van der Waals surface area (Å²) in [5.41, 5.74) is 4.08. The largest absolute Gasteiger partial charge is 0.435 e. The smallest absolute Gasteiger partial charge is 0.387 e. The zero-order valence-electron chi connectivity index (χ0n) is 12.6. The molecule has 0 aliphatic carbocycles. The topological polar surface area (TPSA) is 38.5 Å². The van der Waals surface area contributed by atoms with Crippen molar-refractivity contribution in [1.29, 1.82) is 0 Å². The highest BCUT2D eigenvalue weighted by molar-refractivity contribution is 5.58. The first-order valence-corrected chi connectivity index (χ1v) is 7.29. The summed E-state index contributed by atoms with van der Waals surface area (Å²) < 4.78 is 34.3. The molecule has 1 aromatic heterocycles. The predicted octanol–water partition coefficient (Wildman–Crippen LogP) is 3.85. The first-order chi connectivity index (χ1) is 10.5. The Balaban J connectivity index is 1.85. The fourth-order valence-corrected chi connectivity index (χ4v) is 2.91. The van der Waals surface area contributed by atoms with Gasteiger partial charge in [-0.1, -0.05) is 5.16 Å². The van der Waals surface area contributed by atoms with Crippen molar-refractivity contribution in [1.82, 2.24) is 5.16 Å². The van der Waals surface area contributed by atoms with Gasteiger partial charge in [-0.15, -0.1) is 0 Å². The van der Waals surface area contributed by atoms with Crippen molar-refractivity contribution in [2.24, 2.45) is 0 Å². The molecular formula is C16H18F2N2O2. The van der Waals surface area contributed by atoms with Gasteiger partial charge in [-0.25, -0.2) is 0 Å². The molecule has 0 unspecified atom stereocenters. The van der Waals surface area contributed by atoms with E-state index in [1.165, 1.54) is 0 Å². The van der Waals surface area contributed by atoms with Crippen LogP contribution >= 0.6 is 0 Å². The normalized spacial score (nSPS) is 14.3. The summed E-state index contributed by atoms with van der Waals surface area (Å²) in [4.78, 5) is 2.23. The minimum atomic E-state index is -2.79. The molecule has 0 radical (unpaired) electrons. The van der Waals surface area contributed by atoms with Gasteiger partial charge in [-0.2, -0.15) is 8.78 Å². The molecule has 0 atom stereocenters. The van der Waals surface area contributed by atoms with Gasteiger partial charge in [0.15, 0.2) is 0 Å². The summed E-state index contributed by atoms with van der Waals surface area (Å²) in [6.07, 6.45) is 1.85. The van der Waals surface area contributed by atoms with Crippen molar-refractivity contribution in [3.8, 4) is 5.75 Å². The number of halogens is 2. The van der Waals surface area contributed by atoms with Gasteiger partial charge in [-0.05, 0) is 50.5 Å². The first kappa shape index (κ1) is 14.8. The van der Waals surface area contributed by atoms with Crippen LogP contribution in [0.15, 0.2) is 22.7 Å². The molecule has 0 saturated heterocycles. The Morgan fingerprint density at radius 1 is 1.36 bits per heavy atom. The molecule has 0 saturated carbocycles. The molecule has 0 bridgehead atoms. The summed E-state index contributed by atoms with van der Waals surface area (Å²) in [7, 11) is 0. The number of aromatic nitrogens is 1. The third-order valence-corrected chi connectivity index (χ3v) is 4.02. The number of hydrogen-bond donors (Lipinski definition) is 0. The van der Waals surface area contributed by atoms with Crippen LogP contribution < -0.4 is 9.64 Å². The lowest BCUT2D eigenvalue weighted by molar-refractivity contribution is -0.0498. The highest BCUT2D eigenvalue weighted by Gasteiger charge is 2.21.